The molecule has 0 bridgehead atoms. The van der Waals surface area contributed by atoms with Gasteiger partial charge in [-0.1, -0.05) is 30.3 Å². The van der Waals surface area contributed by atoms with Gasteiger partial charge in [0.05, 0.1) is 22.9 Å². The number of carbonyl (C=O) groups excluding carboxylic acids is 2. The molecule has 5 rings (SSSR count). The number of benzene rings is 3. The van der Waals surface area contributed by atoms with E-state index in [4.69, 9.17) is 4.99 Å². The number of nitrogens with zero attached hydrogens (tertiary/aromatic N) is 4. The van der Waals surface area contributed by atoms with E-state index in [0.717, 1.165) is 37.2 Å². The number of anilines is 2. The molecule has 0 saturated carbocycles. The lowest BCUT2D eigenvalue weighted by molar-refractivity contribution is -0.384. The lowest BCUT2D eigenvalue weighted by Crippen LogP contribution is -2.37. The summed E-state index contributed by atoms with van der Waals surface area (Å²) in [7, 11) is 1.76. The number of likely N-dealkylation sites (N-methyl/N-ethyl adjacent to an activating group) is 1. The summed E-state index contributed by atoms with van der Waals surface area (Å²) in [6.07, 6.45) is 2.26. The van der Waals surface area contributed by atoms with Crippen molar-refractivity contribution in [3.05, 3.63) is 94.0 Å². The number of aliphatic imine (C=N–C) groups is 1. The third-order valence-corrected chi connectivity index (χ3v) is 6.84. The normalized spacial score (nSPS) is 17.4. The average molecular weight is 498 g/mol. The Labute approximate surface area is 214 Å². The molecule has 0 radical (unpaired) electrons. The molecule has 1 fully saturated rings. The number of amides is 2. The molecule has 1 N–H and O–H groups in total. The van der Waals surface area contributed by atoms with Crippen molar-refractivity contribution in [1.29, 1.82) is 0 Å². The SMILES string of the molecule is CN(C(=O)CN1CCCC1)c1ccc(N=C(c2ccccc2)C2C(=O)Nc3ccc([N+](=O)[O-])cc32)cc1. The summed E-state index contributed by atoms with van der Waals surface area (Å²) >= 11 is 0. The van der Waals surface area contributed by atoms with Crippen molar-refractivity contribution in [1.82, 2.24) is 4.90 Å². The molecule has 3 aromatic rings. The molecule has 2 aliphatic heterocycles. The molecule has 9 heteroatoms. The predicted molar refractivity (Wildman–Crippen MR) is 143 cm³/mol. The second kappa shape index (κ2) is 10.3. The summed E-state index contributed by atoms with van der Waals surface area (Å²) in [4.78, 5) is 45.3. The van der Waals surface area contributed by atoms with Crippen molar-refractivity contribution in [2.24, 2.45) is 4.99 Å². The van der Waals surface area contributed by atoms with Gasteiger partial charge in [0.15, 0.2) is 0 Å². The molecule has 2 amide bonds. The minimum absolute atomic E-state index is 0.0314. The molecule has 0 aliphatic carbocycles. The molecule has 1 unspecified atom stereocenters. The molecule has 2 heterocycles. The molecule has 0 spiro atoms. The van der Waals surface area contributed by atoms with Crippen LogP contribution in [-0.4, -0.2) is 54.0 Å². The fraction of sp³-hybridized carbons (Fsp3) is 0.250. The minimum Gasteiger partial charge on any atom is -0.325 e. The summed E-state index contributed by atoms with van der Waals surface area (Å²) in [5.41, 5.74) is 3.56. The van der Waals surface area contributed by atoms with Gasteiger partial charge < -0.3 is 10.2 Å². The smallest absolute Gasteiger partial charge is 0.269 e. The van der Waals surface area contributed by atoms with Crippen LogP contribution in [0.1, 0.15) is 29.9 Å². The van der Waals surface area contributed by atoms with E-state index in [1.165, 1.54) is 12.1 Å². The second-order valence-corrected chi connectivity index (χ2v) is 9.27. The number of nitro benzene ring substituents is 1. The first-order valence-electron chi connectivity index (χ1n) is 12.2. The highest BCUT2D eigenvalue weighted by Gasteiger charge is 2.36. The summed E-state index contributed by atoms with van der Waals surface area (Å²) in [5.74, 6) is -1.06. The topological polar surface area (TPSA) is 108 Å². The Morgan fingerprint density at radius 2 is 1.78 bits per heavy atom. The highest BCUT2D eigenvalue weighted by molar-refractivity contribution is 6.24. The lowest BCUT2D eigenvalue weighted by Gasteiger charge is -2.21. The number of rotatable bonds is 7. The van der Waals surface area contributed by atoms with Crippen LogP contribution < -0.4 is 10.2 Å². The number of hydrogen-bond donors (Lipinski definition) is 1. The maximum absolute atomic E-state index is 13.1. The van der Waals surface area contributed by atoms with Crippen LogP contribution in [0.5, 0.6) is 0 Å². The molecule has 188 valence electrons. The van der Waals surface area contributed by atoms with E-state index in [0.29, 0.717) is 29.2 Å². The average Bonchev–Trinajstić information content (AvgIpc) is 3.54. The summed E-state index contributed by atoms with van der Waals surface area (Å²) in [6, 6.07) is 20.9. The standard InChI is InChI=1S/C28H27N5O4/c1-31(25(34)18-32-15-5-6-16-32)21-11-9-20(10-12-21)29-27(19-7-3-2-4-8-19)26-23-17-22(33(36)37)13-14-24(23)30-28(26)35/h2-4,7-14,17,26H,5-6,15-16,18H2,1H3,(H,30,35). The highest BCUT2D eigenvalue weighted by atomic mass is 16.6. The van der Waals surface area contributed by atoms with Crippen molar-refractivity contribution in [2.45, 2.75) is 18.8 Å². The first kappa shape index (κ1) is 24.3. The quantitative estimate of drug-likeness (QED) is 0.294. The Bertz CT molecular complexity index is 1370. The van der Waals surface area contributed by atoms with E-state index in [1.807, 2.05) is 42.5 Å². The van der Waals surface area contributed by atoms with E-state index in [-0.39, 0.29) is 17.5 Å². The number of fused-ring (bicyclic) bond motifs is 1. The summed E-state index contributed by atoms with van der Waals surface area (Å²) in [6.45, 7) is 2.31. The Kier molecular flexibility index (Phi) is 6.78. The second-order valence-electron chi connectivity index (χ2n) is 9.27. The molecular weight excluding hydrogens is 470 g/mol. The van der Waals surface area contributed by atoms with Gasteiger partial charge in [0, 0.05) is 36.1 Å². The van der Waals surface area contributed by atoms with Crippen molar-refractivity contribution >= 4 is 40.3 Å². The van der Waals surface area contributed by atoms with Crippen LogP contribution in [0.4, 0.5) is 22.7 Å². The first-order chi connectivity index (χ1) is 17.9. The van der Waals surface area contributed by atoms with Gasteiger partial charge in [0.1, 0.15) is 5.92 Å². The van der Waals surface area contributed by atoms with Gasteiger partial charge in [0.25, 0.3) is 5.69 Å². The molecule has 9 nitrogen and oxygen atoms in total. The fourth-order valence-corrected chi connectivity index (χ4v) is 4.81. The third kappa shape index (κ3) is 5.12. The van der Waals surface area contributed by atoms with Gasteiger partial charge in [-0.2, -0.15) is 0 Å². The molecular formula is C28H27N5O4. The van der Waals surface area contributed by atoms with Crippen LogP contribution in [0.2, 0.25) is 0 Å². The Balaban J connectivity index is 1.46. The first-order valence-corrected chi connectivity index (χ1v) is 12.2. The Morgan fingerprint density at radius 1 is 1.08 bits per heavy atom. The highest BCUT2D eigenvalue weighted by Crippen LogP contribution is 2.38. The Morgan fingerprint density at radius 3 is 2.46 bits per heavy atom. The third-order valence-electron chi connectivity index (χ3n) is 6.84. The van der Waals surface area contributed by atoms with Crippen LogP contribution in [-0.2, 0) is 9.59 Å². The zero-order valence-corrected chi connectivity index (χ0v) is 20.5. The zero-order valence-electron chi connectivity index (χ0n) is 20.5. The van der Waals surface area contributed by atoms with Crippen molar-refractivity contribution in [3.8, 4) is 0 Å². The van der Waals surface area contributed by atoms with E-state index < -0.39 is 10.8 Å². The van der Waals surface area contributed by atoms with Gasteiger partial charge >= 0.3 is 0 Å². The summed E-state index contributed by atoms with van der Waals surface area (Å²) < 4.78 is 0. The van der Waals surface area contributed by atoms with Gasteiger partial charge in [0.2, 0.25) is 11.8 Å². The van der Waals surface area contributed by atoms with E-state index in [9.17, 15) is 19.7 Å². The number of non-ortho nitro benzene ring substituents is 1. The van der Waals surface area contributed by atoms with Crippen LogP contribution in [0.15, 0.2) is 77.8 Å². The van der Waals surface area contributed by atoms with Crippen LogP contribution in [0, 0.1) is 10.1 Å². The number of nitrogens with one attached hydrogen (secondary N) is 1. The number of nitro groups is 1. The number of carbonyl (C=O) groups is 2. The van der Waals surface area contributed by atoms with Crippen LogP contribution in [0.25, 0.3) is 0 Å². The van der Waals surface area contributed by atoms with Crippen molar-refractivity contribution in [3.63, 3.8) is 0 Å². The maximum Gasteiger partial charge on any atom is 0.269 e. The molecule has 2 aliphatic rings. The number of likely N-dealkylation sites (tertiary alicyclic amines) is 1. The largest absolute Gasteiger partial charge is 0.325 e. The lowest BCUT2D eigenvalue weighted by atomic mass is 9.90. The van der Waals surface area contributed by atoms with Gasteiger partial charge in [-0.25, -0.2) is 0 Å². The van der Waals surface area contributed by atoms with Crippen molar-refractivity contribution < 1.29 is 14.5 Å². The minimum atomic E-state index is -0.804. The number of hydrogen-bond acceptors (Lipinski definition) is 6. The van der Waals surface area contributed by atoms with E-state index in [1.54, 1.807) is 30.1 Å². The molecule has 37 heavy (non-hydrogen) atoms. The predicted octanol–water partition coefficient (Wildman–Crippen LogP) is 4.51. The molecule has 1 saturated heterocycles. The van der Waals surface area contributed by atoms with E-state index in [2.05, 4.69) is 10.2 Å². The molecule has 3 aromatic carbocycles. The van der Waals surface area contributed by atoms with Crippen molar-refractivity contribution in [2.75, 3.05) is 36.9 Å². The van der Waals surface area contributed by atoms with E-state index >= 15 is 0 Å². The van der Waals surface area contributed by atoms with Crippen LogP contribution in [0.3, 0.4) is 0 Å². The Hall–Kier alpha value is -4.37. The summed E-state index contributed by atoms with van der Waals surface area (Å²) in [5, 5.41) is 14.2. The monoisotopic (exact) mass is 497 g/mol. The zero-order chi connectivity index (χ0) is 25.9. The van der Waals surface area contributed by atoms with Gasteiger partial charge in [-0.15, -0.1) is 0 Å². The molecule has 1 atom stereocenters. The van der Waals surface area contributed by atoms with Gasteiger partial charge in [-0.05, 0) is 61.8 Å². The van der Waals surface area contributed by atoms with Gasteiger partial charge in [-0.3, -0.25) is 29.6 Å². The fourth-order valence-electron chi connectivity index (χ4n) is 4.81. The maximum atomic E-state index is 13.1. The van der Waals surface area contributed by atoms with Crippen LogP contribution >= 0.6 is 0 Å². The molecule has 0 aromatic heterocycles.